The summed E-state index contributed by atoms with van der Waals surface area (Å²) in [4.78, 5) is 2.06. The van der Waals surface area contributed by atoms with E-state index in [0.717, 1.165) is 16.9 Å². The Morgan fingerprint density at radius 1 is 1.22 bits per heavy atom. The van der Waals surface area contributed by atoms with Crippen molar-refractivity contribution in [2.24, 2.45) is 0 Å². The van der Waals surface area contributed by atoms with E-state index >= 15 is 0 Å². The average molecular weight is 319 g/mol. The minimum atomic E-state index is -0.655. The zero-order chi connectivity index (χ0) is 16.4. The number of methoxy groups -OCH3 is 2. The van der Waals surface area contributed by atoms with Crippen molar-refractivity contribution in [3.63, 3.8) is 0 Å². The first-order chi connectivity index (χ1) is 11.2. The topological polar surface area (TPSA) is 80.9 Å². The highest BCUT2D eigenvalue weighted by molar-refractivity contribution is 5.51. The molecule has 2 heterocycles. The van der Waals surface area contributed by atoms with Crippen molar-refractivity contribution in [3.8, 4) is 11.5 Å². The van der Waals surface area contributed by atoms with Crippen LogP contribution < -0.4 is 9.47 Å². The van der Waals surface area contributed by atoms with E-state index in [0.29, 0.717) is 43.6 Å². The Morgan fingerprint density at radius 2 is 1.91 bits per heavy atom. The molecule has 0 fully saturated rings. The fourth-order valence-electron chi connectivity index (χ4n) is 2.95. The van der Waals surface area contributed by atoms with Gasteiger partial charge in [0.15, 0.2) is 0 Å². The largest absolute Gasteiger partial charge is 0.496 e. The molecule has 0 unspecified atom stereocenters. The molecule has 1 aromatic heterocycles. The van der Waals surface area contributed by atoms with Crippen LogP contribution >= 0.6 is 0 Å². The molecule has 0 saturated carbocycles. The predicted octanol–water partition coefficient (Wildman–Crippen LogP) is 1.70. The second-order valence-electron chi connectivity index (χ2n) is 5.49. The molecule has 0 saturated heterocycles. The fourth-order valence-corrected chi connectivity index (χ4v) is 2.95. The van der Waals surface area contributed by atoms with E-state index in [2.05, 4.69) is 15.1 Å². The molecule has 0 radical (unpaired) electrons. The van der Waals surface area contributed by atoms with Crippen LogP contribution in [-0.2, 0) is 19.5 Å². The van der Waals surface area contributed by atoms with Crippen LogP contribution in [0.2, 0.25) is 0 Å². The van der Waals surface area contributed by atoms with E-state index in [1.807, 2.05) is 19.1 Å². The molecule has 7 nitrogen and oxygen atoms in total. The van der Waals surface area contributed by atoms with Gasteiger partial charge in [-0.3, -0.25) is 4.90 Å². The number of nitrogens with zero attached hydrogens (tertiary/aromatic N) is 3. The Labute approximate surface area is 134 Å². The minimum absolute atomic E-state index is 0.473. The van der Waals surface area contributed by atoms with Crippen LogP contribution in [0.5, 0.6) is 11.5 Å². The van der Waals surface area contributed by atoms with Gasteiger partial charge in [-0.05, 0) is 12.1 Å². The van der Waals surface area contributed by atoms with Gasteiger partial charge in [-0.1, -0.05) is 6.92 Å². The van der Waals surface area contributed by atoms with Crippen LogP contribution in [0.15, 0.2) is 16.5 Å². The number of ether oxygens (including phenoxy) is 2. The summed E-state index contributed by atoms with van der Waals surface area (Å²) in [7, 11) is 3.23. The van der Waals surface area contributed by atoms with Gasteiger partial charge in [-0.2, -0.15) is 0 Å². The van der Waals surface area contributed by atoms with Crippen LogP contribution in [-0.4, -0.2) is 41.0 Å². The third kappa shape index (κ3) is 3.02. The number of β-amino-alcohol motifs (C(OH)–C–C–N with tert-alkyl or cyclic N) is 1. The van der Waals surface area contributed by atoms with Crippen LogP contribution in [0, 0.1) is 0 Å². The van der Waals surface area contributed by atoms with Gasteiger partial charge in [0.25, 0.3) is 0 Å². The molecule has 0 aliphatic carbocycles. The normalized spacial score (nSPS) is 17.8. The van der Waals surface area contributed by atoms with E-state index in [1.54, 1.807) is 14.2 Å². The van der Waals surface area contributed by atoms with Crippen LogP contribution in [0.4, 0.5) is 0 Å². The lowest BCUT2D eigenvalue weighted by molar-refractivity contribution is 0.0790. The highest BCUT2D eigenvalue weighted by Crippen LogP contribution is 2.39. The van der Waals surface area contributed by atoms with Gasteiger partial charge < -0.3 is 19.0 Å². The first-order valence-electron chi connectivity index (χ1n) is 7.61. The van der Waals surface area contributed by atoms with Crippen molar-refractivity contribution < 1.29 is 19.0 Å². The van der Waals surface area contributed by atoms with Crippen LogP contribution in [0.1, 0.15) is 35.9 Å². The number of aromatic nitrogens is 2. The molecule has 1 aliphatic rings. The molecular formula is C16H21N3O4. The van der Waals surface area contributed by atoms with Gasteiger partial charge in [-0.25, -0.2) is 0 Å². The summed E-state index contributed by atoms with van der Waals surface area (Å²) < 4.78 is 16.4. The van der Waals surface area contributed by atoms with Crippen molar-refractivity contribution >= 4 is 0 Å². The first-order valence-corrected chi connectivity index (χ1v) is 7.61. The Balaban J connectivity index is 1.87. The maximum atomic E-state index is 10.5. The highest BCUT2D eigenvalue weighted by atomic mass is 16.5. The SMILES string of the molecule is CCc1nnc(CN2Cc3c(OC)ccc(OC)c3[C@H](O)C2)o1. The Kier molecular flexibility index (Phi) is 4.49. The molecule has 124 valence electrons. The van der Waals surface area contributed by atoms with E-state index in [1.165, 1.54) is 0 Å². The molecule has 7 heteroatoms. The lowest BCUT2D eigenvalue weighted by atomic mass is 9.95. The molecule has 0 spiro atoms. The number of aliphatic hydroxyl groups excluding tert-OH is 1. The fraction of sp³-hybridized carbons (Fsp3) is 0.500. The maximum Gasteiger partial charge on any atom is 0.230 e. The summed E-state index contributed by atoms with van der Waals surface area (Å²) >= 11 is 0. The van der Waals surface area contributed by atoms with Gasteiger partial charge in [-0.15, -0.1) is 10.2 Å². The monoisotopic (exact) mass is 319 g/mol. The molecule has 1 aromatic carbocycles. The molecule has 3 rings (SSSR count). The third-order valence-electron chi connectivity index (χ3n) is 4.03. The molecule has 0 amide bonds. The summed E-state index contributed by atoms with van der Waals surface area (Å²) in [5.74, 6) is 2.60. The van der Waals surface area contributed by atoms with Gasteiger partial charge in [0.05, 0.1) is 26.9 Å². The number of benzene rings is 1. The van der Waals surface area contributed by atoms with Gasteiger partial charge in [0.1, 0.15) is 11.5 Å². The number of hydrogen-bond donors (Lipinski definition) is 1. The van der Waals surface area contributed by atoms with Crippen molar-refractivity contribution in [1.29, 1.82) is 0 Å². The summed E-state index contributed by atoms with van der Waals surface area (Å²) in [6, 6.07) is 3.68. The standard InChI is InChI=1S/C16H21N3O4/c1-4-14-17-18-15(23-14)9-19-7-10-12(21-2)5-6-13(22-3)16(10)11(20)8-19/h5-6,11,20H,4,7-9H2,1-3H3/t11-/m1/s1. The van der Waals surface area contributed by atoms with E-state index in [4.69, 9.17) is 13.9 Å². The first kappa shape index (κ1) is 15.8. The van der Waals surface area contributed by atoms with E-state index in [-0.39, 0.29) is 0 Å². The maximum absolute atomic E-state index is 10.5. The summed E-state index contributed by atoms with van der Waals surface area (Å²) in [6.07, 6.45) is 0.0566. The number of fused-ring (bicyclic) bond motifs is 1. The summed E-state index contributed by atoms with van der Waals surface area (Å²) in [5.41, 5.74) is 1.73. The van der Waals surface area contributed by atoms with Gasteiger partial charge in [0, 0.05) is 30.6 Å². The number of aryl methyl sites for hydroxylation is 1. The smallest absolute Gasteiger partial charge is 0.230 e. The molecule has 1 N–H and O–H groups in total. The average Bonchev–Trinajstić information content (AvgIpc) is 3.01. The zero-order valence-corrected chi connectivity index (χ0v) is 13.6. The summed E-state index contributed by atoms with van der Waals surface area (Å²) in [5, 5.41) is 18.6. The lowest BCUT2D eigenvalue weighted by Crippen LogP contribution is -2.33. The lowest BCUT2D eigenvalue weighted by Gasteiger charge is -2.33. The summed E-state index contributed by atoms with van der Waals surface area (Å²) in [6.45, 7) is 3.55. The Morgan fingerprint density at radius 3 is 2.57 bits per heavy atom. The third-order valence-corrected chi connectivity index (χ3v) is 4.03. The quantitative estimate of drug-likeness (QED) is 0.898. The second-order valence-corrected chi connectivity index (χ2v) is 5.49. The second kappa shape index (κ2) is 6.55. The van der Waals surface area contributed by atoms with Crippen molar-refractivity contribution in [1.82, 2.24) is 15.1 Å². The predicted molar refractivity (Wildman–Crippen MR) is 82.3 cm³/mol. The number of rotatable bonds is 5. The number of hydrogen-bond acceptors (Lipinski definition) is 7. The highest BCUT2D eigenvalue weighted by Gasteiger charge is 2.30. The molecule has 1 aliphatic heterocycles. The van der Waals surface area contributed by atoms with Crippen molar-refractivity contribution in [2.75, 3.05) is 20.8 Å². The van der Waals surface area contributed by atoms with Crippen molar-refractivity contribution in [3.05, 3.63) is 35.0 Å². The molecule has 23 heavy (non-hydrogen) atoms. The van der Waals surface area contributed by atoms with Crippen molar-refractivity contribution in [2.45, 2.75) is 32.5 Å². The van der Waals surface area contributed by atoms with Crippen LogP contribution in [0.3, 0.4) is 0 Å². The van der Waals surface area contributed by atoms with Gasteiger partial charge in [0.2, 0.25) is 11.8 Å². The molecule has 1 atom stereocenters. The Bertz CT molecular complexity index is 686. The van der Waals surface area contributed by atoms with E-state index < -0.39 is 6.10 Å². The Hall–Kier alpha value is -2.12. The van der Waals surface area contributed by atoms with Gasteiger partial charge >= 0.3 is 0 Å². The molecule has 2 aromatic rings. The molecular weight excluding hydrogens is 298 g/mol. The zero-order valence-electron chi connectivity index (χ0n) is 13.6. The molecule has 0 bridgehead atoms. The number of aliphatic hydroxyl groups is 1. The minimum Gasteiger partial charge on any atom is -0.496 e. The van der Waals surface area contributed by atoms with Crippen LogP contribution in [0.25, 0.3) is 0 Å². The van der Waals surface area contributed by atoms with E-state index in [9.17, 15) is 5.11 Å².